The fourth-order valence-electron chi connectivity index (χ4n) is 4.73. The summed E-state index contributed by atoms with van der Waals surface area (Å²) in [4.78, 5) is 14.8. The smallest absolute Gasteiger partial charge is 0.254 e. The predicted molar refractivity (Wildman–Crippen MR) is 108 cm³/mol. The van der Waals surface area contributed by atoms with E-state index < -0.39 is 0 Å². The van der Waals surface area contributed by atoms with Gasteiger partial charge in [-0.15, -0.1) is 0 Å². The van der Waals surface area contributed by atoms with Crippen molar-refractivity contribution in [2.75, 3.05) is 31.6 Å². The maximum Gasteiger partial charge on any atom is 0.254 e. The molecule has 2 aromatic carbocycles. The van der Waals surface area contributed by atoms with Gasteiger partial charge in [-0.1, -0.05) is 30.4 Å². The number of morpholine rings is 1. The minimum absolute atomic E-state index is 0.0505. The molecule has 2 heterocycles. The Bertz CT molecular complexity index is 933. The highest BCUT2D eigenvalue weighted by atomic mass is 16.5. The number of hydrogen-bond acceptors (Lipinski definition) is 4. The number of rotatable bonds is 2. The predicted octanol–water partition coefficient (Wildman–Crippen LogP) is 3.69. The van der Waals surface area contributed by atoms with Gasteiger partial charge < -0.3 is 20.1 Å². The fraction of sp³-hybridized carbons (Fsp3) is 0.348. The van der Waals surface area contributed by atoms with E-state index in [1.807, 2.05) is 35.2 Å². The van der Waals surface area contributed by atoms with Crippen LogP contribution < -0.4 is 5.32 Å². The molecule has 5 rings (SSSR count). The molecule has 1 amide bonds. The standard InChI is InChI=1S/C23H24N2O3/c26-21-7-2-1-4-18(21)22-17-6-3-5-16(17)19-14-15(8-9-20(19)24-22)23(27)25-10-12-28-13-11-25/h1-5,7-9,14,16-17,22,24,26H,6,10-13H2. The summed E-state index contributed by atoms with van der Waals surface area (Å²) < 4.78 is 5.36. The van der Waals surface area contributed by atoms with Gasteiger partial charge in [0.25, 0.3) is 5.91 Å². The molecule has 1 saturated heterocycles. The quantitative estimate of drug-likeness (QED) is 0.785. The molecule has 5 nitrogen and oxygen atoms in total. The SMILES string of the molecule is O=C(c1ccc2c(c1)C1C=CCC1C(c1ccccc1O)N2)N1CCOCC1. The molecule has 2 N–H and O–H groups in total. The van der Waals surface area contributed by atoms with Gasteiger partial charge in [-0.3, -0.25) is 4.79 Å². The first-order valence-electron chi connectivity index (χ1n) is 9.94. The van der Waals surface area contributed by atoms with E-state index in [-0.39, 0.29) is 17.9 Å². The van der Waals surface area contributed by atoms with Gasteiger partial charge in [-0.05, 0) is 42.2 Å². The number of phenols is 1. The summed E-state index contributed by atoms with van der Waals surface area (Å²) in [5, 5.41) is 14.0. The van der Waals surface area contributed by atoms with Crippen LogP contribution in [0.4, 0.5) is 5.69 Å². The molecule has 5 heteroatoms. The van der Waals surface area contributed by atoms with Gasteiger partial charge in [0.15, 0.2) is 0 Å². The van der Waals surface area contributed by atoms with Crippen molar-refractivity contribution < 1.29 is 14.6 Å². The maximum absolute atomic E-state index is 12.9. The molecule has 0 bridgehead atoms. The van der Waals surface area contributed by atoms with Crippen molar-refractivity contribution in [3.63, 3.8) is 0 Å². The first-order chi connectivity index (χ1) is 13.7. The summed E-state index contributed by atoms with van der Waals surface area (Å²) in [5.41, 5.74) is 3.88. The van der Waals surface area contributed by atoms with Crippen molar-refractivity contribution in [1.82, 2.24) is 4.90 Å². The summed E-state index contributed by atoms with van der Waals surface area (Å²) in [7, 11) is 0. The van der Waals surface area contributed by atoms with Crippen molar-refractivity contribution in [3.05, 3.63) is 71.3 Å². The number of carbonyl (C=O) groups excluding carboxylic acids is 1. The average molecular weight is 376 g/mol. The molecule has 144 valence electrons. The minimum atomic E-state index is 0.0505. The van der Waals surface area contributed by atoms with Gasteiger partial charge in [0.05, 0.1) is 19.3 Å². The molecular formula is C23H24N2O3. The fourth-order valence-corrected chi connectivity index (χ4v) is 4.73. The van der Waals surface area contributed by atoms with Gasteiger partial charge in [0.1, 0.15) is 5.75 Å². The molecule has 1 fully saturated rings. The van der Waals surface area contributed by atoms with Crippen LogP contribution in [0.1, 0.15) is 39.9 Å². The highest BCUT2D eigenvalue weighted by Crippen LogP contribution is 2.51. The Morgan fingerprint density at radius 3 is 2.75 bits per heavy atom. The van der Waals surface area contributed by atoms with Crippen LogP contribution >= 0.6 is 0 Å². The lowest BCUT2D eigenvalue weighted by Gasteiger charge is -2.38. The Balaban J connectivity index is 1.49. The number of hydrogen-bond donors (Lipinski definition) is 2. The Hall–Kier alpha value is -2.79. The number of para-hydroxylation sites is 1. The van der Waals surface area contributed by atoms with E-state index in [1.165, 1.54) is 5.56 Å². The minimum Gasteiger partial charge on any atom is -0.508 e. The molecular weight excluding hydrogens is 352 g/mol. The summed E-state index contributed by atoms with van der Waals surface area (Å²) in [6.07, 6.45) is 5.42. The van der Waals surface area contributed by atoms with Gasteiger partial charge in [0.2, 0.25) is 0 Å². The Labute approximate surface area is 164 Å². The molecule has 3 atom stereocenters. The Morgan fingerprint density at radius 1 is 1.11 bits per heavy atom. The number of nitrogens with zero attached hydrogens (tertiary/aromatic N) is 1. The van der Waals surface area contributed by atoms with Crippen LogP contribution in [0.5, 0.6) is 5.75 Å². The molecule has 0 aromatic heterocycles. The monoisotopic (exact) mass is 376 g/mol. The normalized spacial score (nSPS) is 25.7. The van der Waals surface area contributed by atoms with Crippen LogP contribution in [0, 0.1) is 5.92 Å². The molecule has 0 spiro atoms. The molecule has 1 aliphatic carbocycles. The van der Waals surface area contributed by atoms with E-state index >= 15 is 0 Å². The maximum atomic E-state index is 12.9. The van der Waals surface area contributed by atoms with Crippen molar-refractivity contribution in [2.24, 2.45) is 5.92 Å². The number of benzene rings is 2. The number of nitrogens with one attached hydrogen (secondary N) is 1. The zero-order valence-corrected chi connectivity index (χ0v) is 15.7. The van der Waals surface area contributed by atoms with Crippen LogP contribution in [0.2, 0.25) is 0 Å². The molecule has 3 aliphatic rings. The molecule has 2 aromatic rings. The molecule has 2 aliphatic heterocycles. The number of ether oxygens (including phenoxy) is 1. The van der Waals surface area contributed by atoms with E-state index in [0.29, 0.717) is 38.0 Å². The summed E-state index contributed by atoms with van der Waals surface area (Å²) in [5.74, 6) is 0.980. The number of amides is 1. The summed E-state index contributed by atoms with van der Waals surface area (Å²) >= 11 is 0. The van der Waals surface area contributed by atoms with Crippen LogP contribution in [0.3, 0.4) is 0 Å². The largest absolute Gasteiger partial charge is 0.508 e. The van der Waals surface area contributed by atoms with Gasteiger partial charge in [0, 0.05) is 35.8 Å². The third kappa shape index (κ3) is 2.87. The van der Waals surface area contributed by atoms with E-state index in [0.717, 1.165) is 23.2 Å². The molecule has 0 radical (unpaired) electrons. The first-order valence-corrected chi connectivity index (χ1v) is 9.94. The second-order valence-corrected chi connectivity index (χ2v) is 7.74. The van der Waals surface area contributed by atoms with Gasteiger partial charge in [-0.25, -0.2) is 0 Å². The van der Waals surface area contributed by atoms with E-state index in [2.05, 4.69) is 23.5 Å². The van der Waals surface area contributed by atoms with Crippen molar-refractivity contribution >= 4 is 11.6 Å². The van der Waals surface area contributed by atoms with Gasteiger partial charge >= 0.3 is 0 Å². The van der Waals surface area contributed by atoms with E-state index in [9.17, 15) is 9.90 Å². The van der Waals surface area contributed by atoms with Crippen LogP contribution in [0.25, 0.3) is 0 Å². The third-order valence-corrected chi connectivity index (χ3v) is 6.18. The van der Waals surface area contributed by atoms with E-state index in [4.69, 9.17) is 4.74 Å². The van der Waals surface area contributed by atoms with E-state index in [1.54, 1.807) is 6.07 Å². The summed E-state index contributed by atoms with van der Waals surface area (Å²) in [6.45, 7) is 2.51. The second-order valence-electron chi connectivity index (χ2n) is 7.74. The number of phenolic OH excluding ortho intramolecular Hbond substituents is 1. The number of carbonyl (C=O) groups is 1. The van der Waals surface area contributed by atoms with Crippen molar-refractivity contribution in [3.8, 4) is 5.75 Å². The Morgan fingerprint density at radius 2 is 1.93 bits per heavy atom. The van der Waals surface area contributed by atoms with Crippen LogP contribution in [0.15, 0.2) is 54.6 Å². The van der Waals surface area contributed by atoms with Gasteiger partial charge in [-0.2, -0.15) is 0 Å². The van der Waals surface area contributed by atoms with Crippen LogP contribution in [-0.4, -0.2) is 42.2 Å². The number of allylic oxidation sites excluding steroid dienone is 2. The summed E-state index contributed by atoms with van der Waals surface area (Å²) in [6, 6.07) is 13.6. The lowest BCUT2D eigenvalue weighted by Crippen LogP contribution is -2.40. The van der Waals surface area contributed by atoms with Crippen molar-refractivity contribution in [2.45, 2.75) is 18.4 Å². The number of aromatic hydroxyl groups is 1. The molecule has 3 unspecified atom stereocenters. The molecule has 28 heavy (non-hydrogen) atoms. The highest BCUT2D eigenvalue weighted by molar-refractivity contribution is 5.95. The Kier molecular flexibility index (Phi) is 4.32. The zero-order chi connectivity index (χ0) is 19.1. The lowest BCUT2D eigenvalue weighted by atomic mass is 9.76. The van der Waals surface area contributed by atoms with Crippen LogP contribution in [-0.2, 0) is 4.74 Å². The average Bonchev–Trinajstić information content (AvgIpc) is 3.24. The third-order valence-electron chi connectivity index (χ3n) is 6.18. The first kappa shape index (κ1) is 17.3. The highest BCUT2D eigenvalue weighted by Gasteiger charge is 2.39. The second kappa shape index (κ2) is 6.99. The number of anilines is 1. The van der Waals surface area contributed by atoms with Crippen molar-refractivity contribution in [1.29, 1.82) is 0 Å². The number of fused-ring (bicyclic) bond motifs is 3. The molecule has 0 saturated carbocycles. The topological polar surface area (TPSA) is 61.8 Å². The lowest BCUT2D eigenvalue weighted by molar-refractivity contribution is 0.0303. The zero-order valence-electron chi connectivity index (χ0n) is 15.7.